The number of nitrogen functional groups attached to an aromatic ring is 1. The number of alkyl halides is 1. The van der Waals surface area contributed by atoms with E-state index in [2.05, 4.69) is 67.7 Å². The van der Waals surface area contributed by atoms with Crippen LogP contribution in [0.5, 0.6) is 0 Å². The van der Waals surface area contributed by atoms with Gasteiger partial charge in [0.1, 0.15) is 11.5 Å². The first-order valence-electron chi connectivity index (χ1n) is 10.2. The molecule has 0 aliphatic rings. The van der Waals surface area contributed by atoms with Crippen molar-refractivity contribution in [1.29, 1.82) is 0 Å². The van der Waals surface area contributed by atoms with Gasteiger partial charge in [0.25, 0.3) is 11.1 Å². The summed E-state index contributed by atoms with van der Waals surface area (Å²) < 4.78 is 3.39. The molecule has 0 atom stereocenters. The summed E-state index contributed by atoms with van der Waals surface area (Å²) in [7, 11) is 0. The van der Waals surface area contributed by atoms with E-state index in [1.165, 1.54) is 12.3 Å². The van der Waals surface area contributed by atoms with E-state index in [1.54, 1.807) is 24.5 Å². The minimum absolute atomic E-state index is 0.142. The van der Waals surface area contributed by atoms with Crippen LogP contribution in [0, 0.1) is 0 Å². The summed E-state index contributed by atoms with van der Waals surface area (Å²) in [6.45, 7) is 0. The molecule has 36 heavy (non-hydrogen) atoms. The smallest absolute Gasteiger partial charge is 0.258 e. The molecule has 12 heteroatoms. The summed E-state index contributed by atoms with van der Waals surface area (Å²) in [6, 6.07) is 14.4. The molecule has 4 N–H and O–H groups in total. The highest BCUT2D eigenvalue weighted by molar-refractivity contribution is 9.10. The summed E-state index contributed by atoms with van der Waals surface area (Å²) in [4.78, 5) is 47.1. The zero-order valence-corrected chi connectivity index (χ0v) is 23.2. The van der Waals surface area contributed by atoms with Crippen LogP contribution in [0.1, 0.15) is 10.4 Å². The number of rotatable bonds is 3. The molecule has 0 saturated heterocycles. The van der Waals surface area contributed by atoms with Crippen LogP contribution in [-0.4, -0.2) is 35.4 Å². The molecule has 0 bridgehead atoms. The Hall–Kier alpha value is -3.35. The molecule has 0 saturated carbocycles. The molecule has 5 aromatic rings. The first-order chi connectivity index (χ1) is 17.3. The molecule has 0 amide bonds. The predicted octanol–water partition coefficient (Wildman–Crippen LogP) is 4.83. The molecule has 0 unspecified atom stereocenters. The number of Topliss-reactive ketones (excluding diaryl/α,β-unsaturated/α-hetero) is 1. The first kappa shape index (κ1) is 27.2. The molecule has 0 aliphatic heterocycles. The highest BCUT2D eigenvalue weighted by Crippen LogP contribution is 2.18. The molecule has 0 fully saturated rings. The van der Waals surface area contributed by atoms with Crippen molar-refractivity contribution in [2.24, 2.45) is 0 Å². The number of pyridine rings is 4. The number of nitrogens with zero attached hydrogens (tertiary/aromatic N) is 3. The topological polar surface area (TPSA) is 139 Å². The molecule has 0 spiro atoms. The number of imidazole rings is 1. The third-order valence-electron chi connectivity index (χ3n) is 4.49. The molecule has 5 aromatic heterocycles. The maximum absolute atomic E-state index is 11.7. The van der Waals surface area contributed by atoms with E-state index in [0.29, 0.717) is 21.5 Å². The normalized spacial score (nSPS) is 10.1. The number of ketones is 1. The number of nitrogens with one attached hydrogen (secondary N) is 2. The fraction of sp³-hybridized carbons (Fsp3) is 0.0417. The van der Waals surface area contributed by atoms with Crippen molar-refractivity contribution in [3.63, 3.8) is 0 Å². The third-order valence-corrected chi connectivity index (χ3v) is 5.91. The lowest BCUT2D eigenvalue weighted by Crippen LogP contribution is -2.17. The van der Waals surface area contributed by atoms with Gasteiger partial charge in [0, 0.05) is 39.9 Å². The Kier molecular flexibility index (Phi) is 9.91. The number of H-pyrrole nitrogens is 2. The standard InChI is InChI=1S/C12H8BrN3O.C7H5Br2NO2.C5H6N2/c13-8-5-9(12(17)14-6-8)10-7-16-4-2-1-3-11(16)15-10;8-2-6(11)5-1-4(9)3-10-7(5)12;6-5-3-1-2-4-7-5/h1-7H,(H,14,17);1,3H,2H2,(H,10,12);1-4H,(H2,6,7). The monoisotopic (exact) mass is 676 g/mol. The number of carbonyl (C=O) groups is 1. The van der Waals surface area contributed by atoms with Crippen molar-refractivity contribution in [2.75, 3.05) is 11.1 Å². The molecule has 5 rings (SSSR count). The zero-order valence-electron chi connectivity index (χ0n) is 18.5. The Bertz CT molecular complexity index is 1550. The van der Waals surface area contributed by atoms with Gasteiger partial charge in [-0.25, -0.2) is 9.97 Å². The van der Waals surface area contributed by atoms with E-state index < -0.39 is 0 Å². The molecular formula is C24H19Br3N6O3. The van der Waals surface area contributed by atoms with Gasteiger partial charge in [-0.3, -0.25) is 14.4 Å². The van der Waals surface area contributed by atoms with Gasteiger partial charge in [-0.2, -0.15) is 0 Å². The van der Waals surface area contributed by atoms with Crippen LogP contribution in [0.15, 0.2) is 98.0 Å². The number of halogens is 3. The Morgan fingerprint density at radius 2 is 1.67 bits per heavy atom. The van der Waals surface area contributed by atoms with Crippen LogP contribution >= 0.6 is 47.8 Å². The quantitative estimate of drug-likeness (QED) is 0.185. The number of carbonyl (C=O) groups excluding carboxylic acids is 1. The Balaban J connectivity index is 0.000000165. The summed E-state index contributed by atoms with van der Waals surface area (Å²) in [5, 5.41) is 0.159. The fourth-order valence-corrected chi connectivity index (χ4v) is 3.81. The molecule has 5 heterocycles. The maximum atomic E-state index is 11.7. The van der Waals surface area contributed by atoms with Crippen LogP contribution in [0.25, 0.3) is 16.9 Å². The lowest BCUT2D eigenvalue weighted by molar-refractivity contribution is 0.102. The summed E-state index contributed by atoms with van der Waals surface area (Å²) >= 11 is 9.48. The summed E-state index contributed by atoms with van der Waals surface area (Å²) in [5.41, 5.74) is 6.96. The van der Waals surface area contributed by atoms with Gasteiger partial charge in [0.05, 0.1) is 22.2 Å². The average molecular weight is 679 g/mol. The Morgan fingerprint density at radius 1 is 0.972 bits per heavy atom. The van der Waals surface area contributed by atoms with E-state index in [4.69, 9.17) is 5.73 Å². The van der Waals surface area contributed by atoms with Gasteiger partial charge in [-0.05, 0) is 68.3 Å². The van der Waals surface area contributed by atoms with Crippen LogP contribution in [0.3, 0.4) is 0 Å². The van der Waals surface area contributed by atoms with Crippen LogP contribution in [0.4, 0.5) is 5.82 Å². The number of anilines is 1. The number of hydrogen-bond acceptors (Lipinski definition) is 6. The van der Waals surface area contributed by atoms with Crippen molar-refractivity contribution in [3.8, 4) is 11.3 Å². The van der Waals surface area contributed by atoms with Crippen molar-refractivity contribution < 1.29 is 4.79 Å². The molecule has 0 aromatic carbocycles. The van der Waals surface area contributed by atoms with Gasteiger partial charge < -0.3 is 20.1 Å². The van der Waals surface area contributed by atoms with Gasteiger partial charge in [0.2, 0.25) is 0 Å². The van der Waals surface area contributed by atoms with E-state index in [1.807, 2.05) is 47.1 Å². The Morgan fingerprint density at radius 3 is 2.28 bits per heavy atom. The molecule has 0 radical (unpaired) electrons. The molecule has 9 nitrogen and oxygen atoms in total. The van der Waals surface area contributed by atoms with Crippen LogP contribution in [0.2, 0.25) is 0 Å². The van der Waals surface area contributed by atoms with Crippen molar-refractivity contribution in [1.82, 2.24) is 24.3 Å². The second-order valence-electron chi connectivity index (χ2n) is 7.03. The van der Waals surface area contributed by atoms with Gasteiger partial charge in [-0.1, -0.05) is 28.1 Å². The summed E-state index contributed by atoms with van der Waals surface area (Å²) in [5.74, 6) is 0.347. The summed E-state index contributed by atoms with van der Waals surface area (Å²) in [6.07, 6.45) is 8.51. The second kappa shape index (κ2) is 13.1. The molecule has 184 valence electrons. The number of fused-ring (bicyclic) bond motifs is 1. The molecule has 0 aliphatic carbocycles. The van der Waals surface area contributed by atoms with E-state index in [-0.39, 0.29) is 27.8 Å². The minimum atomic E-state index is -0.359. The average Bonchev–Trinajstić information content (AvgIpc) is 3.32. The number of hydrogen-bond donors (Lipinski definition) is 3. The van der Waals surface area contributed by atoms with Gasteiger partial charge in [0.15, 0.2) is 5.78 Å². The van der Waals surface area contributed by atoms with Crippen molar-refractivity contribution in [3.05, 3.63) is 115 Å². The Labute approximate surface area is 230 Å². The predicted molar refractivity (Wildman–Crippen MR) is 150 cm³/mol. The van der Waals surface area contributed by atoms with Gasteiger partial charge >= 0.3 is 0 Å². The molecular weight excluding hydrogens is 660 g/mol. The third kappa shape index (κ3) is 7.57. The van der Waals surface area contributed by atoms with Gasteiger partial charge in [-0.15, -0.1) is 0 Å². The number of nitrogens with two attached hydrogens (primary N) is 1. The number of aromatic amines is 2. The fourth-order valence-electron chi connectivity index (χ4n) is 2.82. The van der Waals surface area contributed by atoms with E-state index in [9.17, 15) is 14.4 Å². The highest BCUT2D eigenvalue weighted by Gasteiger charge is 2.09. The lowest BCUT2D eigenvalue weighted by Gasteiger charge is -1.95. The van der Waals surface area contributed by atoms with Crippen molar-refractivity contribution >= 4 is 65.0 Å². The minimum Gasteiger partial charge on any atom is -0.384 e. The highest BCUT2D eigenvalue weighted by atomic mass is 79.9. The van der Waals surface area contributed by atoms with E-state index >= 15 is 0 Å². The largest absolute Gasteiger partial charge is 0.384 e. The zero-order chi connectivity index (χ0) is 26.1. The second-order valence-corrected chi connectivity index (χ2v) is 9.42. The van der Waals surface area contributed by atoms with Crippen molar-refractivity contribution in [2.45, 2.75) is 0 Å². The van der Waals surface area contributed by atoms with E-state index in [0.717, 1.165) is 10.1 Å². The van der Waals surface area contributed by atoms with Crippen LogP contribution in [-0.2, 0) is 0 Å². The SMILES string of the molecule is Nc1ccccn1.O=C(CBr)c1cc(Br)c[nH]c1=O.O=c1[nH]cc(Br)cc1-c1cn2ccccc2n1. The maximum Gasteiger partial charge on any atom is 0.258 e. The van der Waals surface area contributed by atoms with Crippen LogP contribution < -0.4 is 16.9 Å². The first-order valence-corrected chi connectivity index (χ1v) is 13.0. The lowest BCUT2D eigenvalue weighted by atomic mass is 10.2. The number of aromatic nitrogens is 5.